The lowest BCUT2D eigenvalue weighted by molar-refractivity contribution is 0.0974. The second kappa shape index (κ2) is 3.93. The molecule has 1 saturated heterocycles. The molecular formula is C11H19N3O. The first-order valence-corrected chi connectivity index (χ1v) is 5.58. The van der Waals surface area contributed by atoms with Crippen LogP contribution in [0.2, 0.25) is 0 Å². The van der Waals surface area contributed by atoms with E-state index in [0.29, 0.717) is 5.92 Å². The van der Waals surface area contributed by atoms with Gasteiger partial charge in [0.2, 0.25) is 12.3 Å². The molecule has 0 bridgehead atoms. The van der Waals surface area contributed by atoms with Gasteiger partial charge in [-0.3, -0.25) is 4.90 Å². The third kappa shape index (κ3) is 2.37. The lowest BCUT2D eigenvalue weighted by Crippen LogP contribution is -2.45. The minimum Gasteiger partial charge on any atom is -0.428 e. The van der Waals surface area contributed by atoms with Gasteiger partial charge in [-0.1, -0.05) is 0 Å². The van der Waals surface area contributed by atoms with Crippen molar-refractivity contribution in [2.24, 2.45) is 0 Å². The van der Waals surface area contributed by atoms with Crippen molar-refractivity contribution in [3.8, 4) is 0 Å². The van der Waals surface area contributed by atoms with E-state index in [9.17, 15) is 0 Å². The predicted molar refractivity (Wildman–Crippen MR) is 57.6 cm³/mol. The summed E-state index contributed by atoms with van der Waals surface area (Å²) in [6, 6.07) is 0. The normalized spacial score (nSPS) is 20.7. The van der Waals surface area contributed by atoms with Crippen molar-refractivity contribution < 1.29 is 4.42 Å². The fraction of sp³-hybridized carbons (Fsp3) is 0.818. The number of likely N-dealkylation sites (tertiary alicyclic amines) is 1. The minimum absolute atomic E-state index is 0.278. The number of hydrogen-bond donors (Lipinski definition) is 0. The van der Waals surface area contributed by atoms with Gasteiger partial charge in [-0.2, -0.15) is 0 Å². The molecule has 2 heterocycles. The van der Waals surface area contributed by atoms with Crippen LogP contribution in [0.4, 0.5) is 0 Å². The highest BCUT2D eigenvalue weighted by Crippen LogP contribution is 2.29. The first-order valence-electron chi connectivity index (χ1n) is 5.58. The van der Waals surface area contributed by atoms with E-state index in [4.69, 9.17) is 4.42 Å². The van der Waals surface area contributed by atoms with E-state index < -0.39 is 0 Å². The zero-order valence-corrected chi connectivity index (χ0v) is 9.73. The van der Waals surface area contributed by atoms with E-state index in [-0.39, 0.29) is 5.54 Å². The largest absolute Gasteiger partial charge is 0.428 e. The molecule has 15 heavy (non-hydrogen) atoms. The molecule has 1 aliphatic heterocycles. The first kappa shape index (κ1) is 10.6. The molecule has 1 aromatic rings. The predicted octanol–water partition coefficient (Wildman–Crippen LogP) is 2.05. The summed E-state index contributed by atoms with van der Waals surface area (Å²) in [5, 5.41) is 7.73. The van der Waals surface area contributed by atoms with E-state index in [1.165, 1.54) is 6.39 Å². The summed E-state index contributed by atoms with van der Waals surface area (Å²) in [5.41, 5.74) is 0.278. The molecule has 4 heteroatoms. The summed E-state index contributed by atoms with van der Waals surface area (Å²) in [6.07, 6.45) is 3.67. The molecule has 0 radical (unpaired) electrons. The smallest absolute Gasteiger partial charge is 0.219 e. The molecule has 0 aromatic carbocycles. The third-order valence-corrected chi connectivity index (χ3v) is 3.17. The summed E-state index contributed by atoms with van der Waals surface area (Å²) < 4.78 is 5.25. The van der Waals surface area contributed by atoms with Crippen molar-refractivity contribution in [3.05, 3.63) is 12.3 Å². The van der Waals surface area contributed by atoms with Gasteiger partial charge in [-0.05, 0) is 46.7 Å². The Bertz CT molecular complexity index is 294. The highest BCUT2D eigenvalue weighted by atomic mass is 16.4. The van der Waals surface area contributed by atoms with Crippen LogP contribution in [-0.2, 0) is 0 Å². The average Bonchev–Trinajstić information content (AvgIpc) is 2.69. The van der Waals surface area contributed by atoms with Crippen molar-refractivity contribution in [1.29, 1.82) is 0 Å². The number of hydrogen-bond acceptors (Lipinski definition) is 4. The molecule has 0 spiro atoms. The summed E-state index contributed by atoms with van der Waals surface area (Å²) in [6.45, 7) is 9.03. The van der Waals surface area contributed by atoms with Gasteiger partial charge in [-0.15, -0.1) is 10.2 Å². The van der Waals surface area contributed by atoms with Crippen LogP contribution in [0, 0.1) is 0 Å². The second-order valence-corrected chi connectivity index (χ2v) is 5.21. The first-order chi connectivity index (χ1) is 7.07. The molecule has 1 aliphatic rings. The van der Waals surface area contributed by atoms with Gasteiger partial charge in [0, 0.05) is 11.5 Å². The molecule has 0 aliphatic carbocycles. The average molecular weight is 209 g/mol. The van der Waals surface area contributed by atoms with Crippen molar-refractivity contribution >= 4 is 0 Å². The summed E-state index contributed by atoms with van der Waals surface area (Å²) in [7, 11) is 0. The van der Waals surface area contributed by atoms with Gasteiger partial charge in [0.15, 0.2) is 0 Å². The lowest BCUT2D eigenvalue weighted by Gasteiger charge is -2.40. The number of nitrogens with zero attached hydrogens (tertiary/aromatic N) is 3. The topological polar surface area (TPSA) is 42.2 Å². The van der Waals surface area contributed by atoms with Crippen molar-refractivity contribution in [1.82, 2.24) is 15.1 Å². The molecule has 1 aromatic heterocycles. The summed E-state index contributed by atoms with van der Waals surface area (Å²) in [4.78, 5) is 2.51. The van der Waals surface area contributed by atoms with Gasteiger partial charge < -0.3 is 4.42 Å². The molecule has 0 atom stereocenters. The zero-order valence-electron chi connectivity index (χ0n) is 9.73. The molecule has 0 saturated carbocycles. The van der Waals surface area contributed by atoms with Crippen LogP contribution in [-0.4, -0.2) is 33.7 Å². The Morgan fingerprint density at radius 2 is 2.00 bits per heavy atom. The zero-order chi connectivity index (χ0) is 10.9. The van der Waals surface area contributed by atoms with E-state index >= 15 is 0 Å². The van der Waals surface area contributed by atoms with Crippen LogP contribution >= 0.6 is 0 Å². The Labute approximate surface area is 90.7 Å². The Hall–Kier alpha value is -0.900. The van der Waals surface area contributed by atoms with E-state index in [2.05, 4.69) is 35.9 Å². The van der Waals surface area contributed by atoms with Gasteiger partial charge in [0.25, 0.3) is 0 Å². The molecule has 0 unspecified atom stereocenters. The van der Waals surface area contributed by atoms with Crippen molar-refractivity contribution in [3.63, 3.8) is 0 Å². The summed E-state index contributed by atoms with van der Waals surface area (Å²) >= 11 is 0. The standard InChI is InChI=1S/C11H19N3O/c1-11(2,3)14-6-4-9(5-7-14)10-13-12-8-15-10/h8-9H,4-7H2,1-3H3. The lowest BCUT2D eigenvalue weighted by atomic mass is 9.93. The SMILES string of the molecule is CC(C)(C)N1CCC(c2nnco2)CC1. The Morgan fingerprint density at radius 3 is 2.47 bits per heavy atom. The van der Waals surface area contributed by atoms with E-state index in [1.54, 1.807) is 0 Å². The third-order valence-electron chi connectivity index (χ3n) is 3.17. The second-order valence-electron chi connectivity index (χ2n) is 5.21. The number of aromatic nitrogens is 2. The fourth-order valence-electron chi connectivity index (χ4n) is 2.16. The molecule has 2 rings (SSSR count). The highest BCUT2D eigenvalue weighted by Gasteiger charge is 2.29. The monoisotopic (exact) mass is 209 g/mol. The van der Waals surface area contributed by atoms with E-state index in [1.807, 2.05) is 0 Å². The maximum atomic E-state index is 5.25. The summed E-state index contributed by atoms with van der Waals surface area (Å²) in [5.74, 6) is 1.27. The quantitative estimate of drug-likeness (QED) is 0.710. The molecule has 1 fully saturated rings. The van der Waals surface area contributed by atoms with Crippen LogP contribution in [0.15, 0.2) is 10.8 Å². The Balaban J connectivity index is 1.93. The number of piperidine rings is 1. The van der Waals surface area contributed by atoms with Gasteiger partial charge in [-0.25, -0.2) is 0 Å². The molecular weight excluding hydrogens is 190 g/mol. The molecule has 0 amide bonds. The van der Waals surface area contributed by atoms with Crippen LogP contribution in [0.25, 0.3) is 0 Å². The molecule has 4 nitrogen and oxygen atoms in total. The van der Waals surface area contributed by atoms with Crippen molar-refractivity contribution in [2.45, 2.75) is 45.1 Å². The maximum absolute atomic E-state index is 5.25. The van der Waals surface area contributed by atoms with E-state index in [0.717, 1.165) is 31.8 Å². The van der Waals surface area contributed by atoms with Crippen LogP contribution < -0.4 is 0 Å². The van der Waals surface area contributed by atoms with Gasteiger partial charge in [0.05, 0.1) is 0 Å². The molecule has 84 valence electrons. The Morgan fingerprint density at radius 1 is 1.33 bits per heavy atom. The van der Waals surface area contributed by atoms with Crippen molar-refractivity contribution in [2.75, 3.05) is 13.1 Å². The Kier molecular flexibility index (Phi) is 2.78. The van der Waals surface area contributed by atoms with Gasteiger partial charge in [0.1, 0.15) is 0 Å². The molecule has 0 N–H and O–H groups in total. The minimum atomic E-state index is 0.278. The maximum Gasteiger partial charge on any atom is 0.219 e. The van der Waals surface area contributed by atoms with Crippen LogP contribution in [0.1, 0.15) is 45.4 Å². The highest BCUT2D eigenvalue weighted by molar-refractivity contribution is 4.94. The van der Waals surface area contributed by atoms with Gasteiger partial charge >= 0.3 is 0 Å². The fourth-order valence-corrected chi connectivity index (χ4v) is 2.16. The van der Waals surface area contributed by atoms with Crippen LogP contribution in [0.5, 0.6) is 0 Å². The number of rotatable bonds is 1. The van der Waals surface area contributed by atoms with Crippen LogP contribution in [0.3, 0.4) is 0 Å².